The maximum absolute atomic E-state index is 11.8. The first-order chi connectivity index (χ1) is 8.97. The number of carbonyl (C=O) groups excluding carboxylic acids is 1. The van der Waals surface area contributed by atoms with E-state index in [0.29, 0.717) is 10.7 Å². The summed E-state index contributed by atoms with van der Waals surface area (Å²) in [6, 6.07) is 4.92. The predicted octanol–water partition coefficient (Wildman–Crippen LogP) is 2.88. The van der Waals surface area contributed by atoms with Crippen molar-refractivity contribution in [3.8, 4) is 0 Å². The van der Waals surface area contributed by atoms with Gasteiger partial charge in [0.25, 0.3) is 0 Å². The number of benzene rings is 1. The van der Waals surface area contributed by atoms with Crippen LogP contribution in [-0.2, 0) is 0 Å². The lowest BCUT2D eigenvalue weighted by Crippen LogP contribution is -2.43. The molecule has 0 spiro atoms. The fraction of sp³-hybridized carbons (Fsp3) is 0.462. The van der Waals surface area contributed by atoms with Crippen molar-refractivity contribution in [1.82, 2.24) is 5.32 Å². The second kappa shape index (κ2) is 7.62. The molecular weight excluding hydrogens is 284 g/mol. The number of hydrogen-bond donors (Lipinski definition) is 3. The van der Waals surface area contributed by atoms with E-state index in [1.54, 1.807) is 12.1 Å². The van der Waals surface area contributed by atoms with Crippen molar-refractivity contribution in [2.45, 2.75) is 25.1 Å². The average Bonchev–Trinajstić information content (AvgIpc) is 2.35. The largest absolute Gasteiger partial charge is 0.395 e. The molecule has 0 saturated heterocycles. The quantitative estimate of drug-likeness (QED) is 0.784. The summed E-state index contributed by atoms with van der Waals surface area (Å²) in [7, 11) is 0. The highest BCUT2D eigenvalue weighted by atomic mass is 35.5. The van der Waals surface area contributed by atoms with Gasteiger partial charge >= 0.3 is 6.03 Å². The van der Waals surface area contributed by atoms with Crippen LogP contribution in [0.2, 0.25) is 5.02 Å². The first-order valence-electron chi connectivity index (χ1n) is 5.95. The van der Waals surface area contributed by atoms with Crippen LogP contribution in [0.5, 0.6) is 0 Å². The Morgan fingerprint density at radius 3 is 2.74 bits per heavy atom. The second-order valence-corrected chi connectivity index (χ2v) is 5.79. The molecule has 1 aromatic rings. The normalized spacial score (nSPS) is 13.7. The third-order valence-electron chi connectivity index (χ3n) is 2.83. The standard InChI is InChI=1S/C13H19ClN2O2S/c1-8-4-5-10(6-11(8)14)16-13(18)15-9(2)12(7-17)19-3/h4-6,9,12,17H,7H2,1-3H3,(H2,15,16,18). The van der Waals surface area contributed by atoms with Crippen LogP contribution in [0, 0.1) is 6.92 Å². The highest BCUT2D eigenvalue weighted by Crippen LogP contribution is 2.20. The highest BCUT2D eigenvalue weighted by Gasteiger charge is 2.17. The molecule has 106 valence electrons. The van der Waals surface area contributed by atoms with Gasteiger partial charge in [0, 0.05) is 22.0 Å². The minimum absolute atomic E-state index is 0.0210. The molecule has 6 heteroatoms. The summed E-state index contributed by atoms with van der Waals surface area (Å²) in [4.78, 5) is 11.8. The first kappa shape index (κ1) is 16.1. The summed E-state index contributed by atoms with van der Waals surface area (Å²) in [5.41, 5.74) is 1.61. The minimum Gasteiger partial charge on any atom is -0.395 e. The molecule has 0 aliphatic rings. The van der Waals surface area contributed by atoms with Crippen LogP contribution < -0.4 is 10.6 Å². The van der Waals surface area contributed by atoms with E-state index in [-0.39, 0.29) is 23.9 Å². The van der Waals surface area contributed by atoms with Gasteiger partial charge in [-0.3, -0.25) is 0 Å². The van der Waals surface area contributed by atoms with Gasteiger partial charge in [0.05, 0.1) is 6.61 Å². The Morgan fingerprint density at radius 1 is 1.53 bits per heavy atom. The lowest BCUT2D eigenvalue weighted by molar-refractivity contribution is 0.243. The summed E-state index contributed by atoms with van der Waals surface area (Å²) in [5, 5.41) is 15.3. The topological polar surface area (TPSA) is 61.4 Å². The lowest BCUT2D eigenvalue weighted by Gasteiger charge is -2.21. The predicted molar refractivity (Wildman–Crippen MR) is 82.2 cm³/mol. The molecule has 1 aromatic carbocycles. The third-order valence-corrected chi connectivity index (χ3v) is 4.40. The van der Waals surface area contributed by atoms with Crippen molar-refractivity contribution in [3.05, 3.63) is 28.8 Å². The molecule has 2 amide bonds. The van der Waals surface area contributed by atoms with Crippen LogP contribution in [0.15, 0.2) is 18.2 Å². The molecule has 4 nitrogen and oxygen atoms in total. The van der Waals surface area contributed by atoms with Crippen LogP contribution in [-0.4, -0.2) is 35.3 Å². The molecule has 0 heterocycles. The summed E-state index contributed by atoms with van der Waals surface area (Å²) in [6.45, 7) is 3.79. The maximum Gasteiger partial charge on any atom is 0.319 e. The third kappa shape index (κ3) is 4.93. The summed E-state index contributed by atoms with van der Waals surface area (Å²) < 4.78 is 0. The smallest absolute Gasteiger partial charge is 0.319 e. The Labute approximate surface area is 122 Å². The van der Waals surface area contributed by atoms with Gasteiger partial charge in [0.2, 0.25) is 0 Å². The van der Waals surface area contributed by atoms with Gasteiger partial charge in [0.15, 0.2) is 0 Å². The first-order valence-corrected chi connectivity index (χ1v) is 7.61. The van der Waals surface area contributed by atoms with Crippen LogP contribution in [0.4, 0.5) is 10.5 Å². The van der Waals surface area contributed by atoms with Crippen molar-refractivity contribution >= 4 is 35.1 Å². The zero-order valence-electron chi connectivity index (χ0n) is 11.2. The second-order valence-electron chi connectivity index (χ2n) is 4.31. The molecular formula is C13H19ClN2O2S. The number of halogens is 1. The van der Waals surface area contributed by atoms with E-state index in [1.807, 2.05) is 26.2 Å². The molecule has 0 aliphatic carbocycles. The molecule has 2 unspecified atom stereocenters. The Morgan fingerprint density at radius 2 is 2.21 bits per heavy atom. The van der Waals surface area contributed by atoms with E-state index in [9.17, 15) is 4.79 Å². The zero-order chi connectivity index (χ0) is 14.4. The molecule has 1 rings (SSSR count). The average molecular weight is 303 g/mol. The highest BCUT2D eigenvalue weighted by molar-refractivity contribution is 7.99. The molecule has 19 heavy (non-hydrogen) atoms. The van der Waals surface area contributed by atoms with E-state index in [1.165, 1.54) is 11.8 Å². The van der Waals surface area contributed by atoms with Gasteiger partial charge in [0.1, 0.15) is 0 Å². The Balaban J connectivity index is 2.57. The van der Waals surface area contributed by atoms with Gasteiger partial charge in [-0.2, -0.15) is 11.8 Å². The van der Waals surface area contributed by atoms with Gasteiger partial charge in [-0.05, 0) is 37.8 Å². The molecule has 3 N–H and O–H groups in total. The van der Waals surface area contributed by atoms with Gasteiger partial charge in [-0.15, -0.1) is 0 Å². The van der Waals surface area contributed by atoms with Crippen LogP contribution >= 0.6 is 23.4 Å². The Bertz CT molecular complexity index is 439. The van der Waals surface area contributed by atoms with Crippen molar-refractivity contribution in [2.24, 2.45) is 0 Å². The van der Waals surface area contributed by atoms with Crippen LogP contribution in [0.25, 0.3) is 0 Å². The number of aryl methyl sites for hydroxylation is 1. The fourth-order valence-electron chi connectivity index (χ4n) is 1.57. The summed E-state index contributed by atoms with van der Waals surface area (Å²) >= 11 is 7.51. The van der Waals surface area contributed by atoms with Crippen molar-refractivity contribution in [3.63, 3.8) is 0 Å². The number of aliphatic hydroxyl groups is 1. The van der Waals surface area contributed by atoms with Gasteiger partial charge in [-0.1, -0.05) is 17.7 Å². The van der Waals surface area contributed by atoms with E-state index in [2.05, 4.69) is 10.6 Å². The van der Waals surface area contributed by atoms with E-state index >= 15 is 0 Å². The SMILES string of the molecule is CSC(CO)C(C)NC(=O)Nc1ccc(C)c(Cl)c1. The number of anilines is 1. The molecule has 0 aliphatic heterocycles. The van der Waals surface area contributed by atoms with Crippen LogP contribution in [0.3, 0.4) is 0 Å². The molecule has 0 bridgehead atoms. The monoisotopic (exact) mass is 302 g/mol. The minimum atomic E-state index is -0.306. The molecule has 0 radical (unpaired) electrons. The fourth-order valence-corrected chi connectivity index (χ4v) is 2.38. The van der Waals surface area contributed by atoms with Gasteiger partial charge in [-0.25, -0.2) is 4.79 Å². The number of carbonyl (C=O) groups is 1. The number of nitrogens with one attached hydrogen (secondary N) is 2. The van der Waals surface area contributed by atoms with E-state index < -0.39 is 0 Å². The lowest BCUT2D eigenvalue weighted by atomic mass is 10.2. The summed E-state index contributed by atoms with van der Waals surface area (Å²) in [6.07, 6.45) is 1.90. The van der Waals surface area contributed by atoms with E-state index in [0.717, 1.165) is 5.56 Å². The molecule has 0 aromatic heterocycles. The van der Waals surface area contributed by atoms with E-state index in [4.69, 9.17) is 16.7 Å². The zero-order valence-corrected chi connectivity index (χ0v) is 12.8. The van der Waals surface area contributed by atoms with Crippen molar-refractivity contribution < 1.29 is 9.90 Å². The number of aliphatic hydroxyl groups excluding tert-OH is 1. The Hall–Kier alpha value is -0.910. The number of amides is 2. The molecule has 0 saturated carbocycles. The molecule has 2 atom stereocenters. The Kier molecular flexibility index (Phi) is 6.48. The number of thioether (sulfide) groups is 1. The summed E-state index contributed by atoms with van der Waals surface area (Å²) in [5.74, 6) is 0. The van der Waals surface area contributed by atoms with Crippen LogP contribution in [0.1, 0.15) is 12.5 Å². The van der Waals surface area contributed by atoms with Crippen molar-refractivity contribution in [1.29, 1.82) is 0 Å². The van der Waals surface area contributed by atoms with Gasteiger partial charge < -0.3 is 15.7 Å². The van der Waals surface area contributed by atoms with Crippen molar-refractivity contribution in [2.75, 3.05) is 18.2 Å². The number of urea groups is 1. The number of rotatable bonds is 5. The molecule has 0 fully saturated rings. The maximum atomic E-state index is 11.8. The number of hydrogen-bond acceptors (Lipinski definition) is 3.